The van der Waals surface area contributed by atoms with Crippen molar-refractivity contribution in [3.8, 4) is 0 Å². The quantitative estimate of drug-likeness (QED) is 0.681. The molecule has 0 spiro atoms. The van der Waals surface area contributed by atoms with Crippen LogP contribution >= 0.6 is 0 Å². The van der Waals surface area contributed by atoms with Crippen molar-refractivity contribution in [1.82, 2.24) is 29.8 Å². The van der Waals surface area contributed by atoms with Crippen LogP contribution in [0.5, 0.6) is 0 Å². The summed E-state index contributed by atoms with van der Waals surface area (Å²) in [6, 6.07) is 11.2. The number of amides is 1. The SMILES string of the molecule is Cn1nnc2cc(C(=O)N3CCN([C@@H]4CCc5ccccc5C4)CC3)cnc21. The summed E-state index contributed by atoms with van der Waals surface area (Å²) in [6.45, 7) is 3.38. The van der Waals surface area contributed by atoms with E-state index in [0.717, 1.165) is 39.0 Å². The standard InChI is InChI=1S/C21H24N6O/c1-25-20-19(23-24-25)13-17(14-22-20)21(28)27-10-8-26(9-11-27)18-7-6-15-4-2-3-5-16(15)12-18/h2-5,13-14,18H,6-12H2,1H3/t18-/m1/s1. The molecule has 0 unspecified atom stereocenters. The third-order valence-corrected chi connectivity index (χ3v) is 6.13. The number of hydrogen-bond donors (Lipinski definition) is 0. The van der Waals surface area contributed by atoms with Gasteiger partial charge in [0.1, 0.15) is 5.52 Å². The summed E-state index contributed by atoms with van der Waals surface area (Å²) in [6.07, 6.45) is 5.12. The molecule has 1 aromatic carbocycles. The van der Waals surface area contributed by atoms with E-state index in [9.17, 15) is 4.79 Å². The molecule has 2 aliphatic rings. The van der Waals surface area contributed by atoms with Crippen LogP contribution in [0, 0.1) is 0 Å². The highest BCUT2D eigenvalue weighted by Crippen LogP contribution is 2.25. The van der Waals surface area contributed by atoms with Crippen LogP contribution in [0.4, 0.5) is 0 Å². The van der Waals surface area contributed by atoms with E-state index in [-0.39, 0.29) is 5.91 Å². The average Bonchev–Trinajstić information content (AvgIpc) is 3.13. The molecule has 1 amide bonds. The average molecular weight is 376 g/mol. The van der Waals surface area contributed by atoms with Crippen molar-refractivity contribution in [3.05, 3.63) is 53.2 Å². The Morgan fingerprint density at radius 2 is 1.89 bits per heavy atom. The summed E-state index contributed by atoms with van der Waals surface area (Å²) >= 11 is 0. The molecule has 0 bridgehead atoms. The predicted octanol–water partition coefficient (Wildman–Crippen LogP) is 1.68. The number of rotatable bonds is 2. The van der Waals surface area contributed by atoms with E-state index >= 15 is 0 Å². The first kappa shape index (κ1) is 17.3. The summed E-state index contributed by atoms with van der Waals surface area (Å²) in [4.78, 5) is 21.8. The van der Waals surface area contributed by atoms with Gasteiger partial charge in [-0.1, -0.05) is 29.5 Å². The fraction of sp³-hybridized carbons (Fsp3) is 0.429. The largest absolute Gasteiger partial charge is 0.336 e. The summed E-state index contributed by atoms with van der Waals surface area (Å²) in [7, 11) is 1.80. The highest BCUT2D eigenvalue weighted by atomic mass is 16.2. The highest BCUT2D eigenvalue weighted by Gasteiger charge is 2.29. The molecule has 1 saturated heterocycles. The molecule has 1 aliphatic carbocycles. The van der Waals surface area contributed by atoms with E-state index < -0.39 is 0 Å². The molecule has 0 N–H and O–H groups in total. The fourth-order valence-electron chi connectivity index (χ4n) is 4.51. The lowest BCUT2D eigenvalue weighted by atomic mass is 9.87. The van der Waals surface area contributed by atoms with Gasteiger partial charge in [-0.3, -0.25) is 9.69 Å². The van der Waals surface area contributed by atoms with Crippen molar-refractivity contribution < 1.29 is 4.79 Å². The van der Waals surface area contributed by atoms with Crippen LogP contribution in [0.25, 0.3) is 11.2 Å². The van der Waals surface area contributed by atoms with Crippen molar-refractivity contribution in [2.75, 3.05) is 26.2 Å². The van der Waals surface area contributed by atoms with Gasteiger partial charge in [-0.15, -0.1) is 5.10 Å². The molecule has 3 aromatic rings. The highest BCUT2D eigenvalue weighted by molar-refractivity contribution is 5.96. The molecule has 7 heteroatoms. The number of aromatic nitrogens is 4. The number of aryl methyl sites for hydroxylation is 2. The second kappa shape index (κ2) is 6.98. The lowest BCUT2D eigenvalue weighted by Crippen LogP contribution is -2.53. The third-order valence-electron chi connectivity index (χ3n) is 6.13. The minimum absolute atomic E-state index is 0.0358. The molecule has 0 radical (unpaired) electrons. The zero-order chi connectivity index (χ0) is 19.1. The summed E-state index contributed by atoms with van der Waals surface area (Å²) < 4.78 is 1.62. The second-order valence-electron chi connectivity index (χ2n) is 7.77. The van der Waals surface area contributed by atoms with Crippen LogP contribution in [0.15, 0.2) is 36.5 Å². The first-order valence-electron chi connectivity index (χ1n) is 9.94. The van der Waals surface area contributed by atoms with Gasteiger partial charge in [-0.25, -0.2) is 9.67 Å². The van der Waals surface area contributed by atoms with Crippen molar-refractivity contribution in [2.45, 2.75) is 25.3 Å². The number of nitrogens with zero attached hydrogens (tertiary/aromatic N) is 6. The Kier molecular flexibility index (Phi) is 4.31. The van der Waals surface area contributed by atoms with Crippen LogP contribution in [-0.4, -0.2) is 67.9 Å². The zero-order valence-electron chi connectivity index (χ0n) is 16.1. The predicted molar refractivity (Wildman–Crippen MR) is 106 cm³/mol. The second-order valence-corrected chi connectivity index (χ2v) is 7.77. The van der Waals surface area contributed by atoms with Crippen molar-refractivity contribution in [2.24, 2.45) is 7.05 Å². The lowest BCUT2D eigenvalue weighted by Gasteiger charge is -2.41. The molecule has 0 saturated carbocycles. The first-order chi connectivity index (χ1) is 13.7. The normalized spacial score (nSPS) is 20.3. The van der Waals surface area contributed by atoms with E-state index in [4.69, 9.17) is 0 Å². The van der Waals surface area contributed by atoms with Crippen LogP contribution in [0.2, 0.25) is 0 Å². The maximum absolute atomic E-state index is 12.9. The van der Waals surface area contributed by atoms with Gasteiger partial charge in [-0.2, -0.15) is 0 Å². The van der Waals surface area contributed by atoms with Gasteiger partial charge < -0.3 is 4.90 Å². The molecule has 2 aromatic heterocycles. The maximum atomic E-state index is 12.9. The van der Waals surface area contributed by atoms with Crippen LogP contribution in [-0.2, 0) is 19.9 Å². The molecular weight excluding hydrogens is 352 g/mol. The van der Waals surface area contributed by atoms with Gasteiger partial charge in [0.25, 0.3) is 5.91 Å². The number of hydrogen-bond acceptors (Lipinski definition) is 5. The molecule has 1 fully saturated rings. The minimum atomic E-state index is 0.0358. The molecule has 7 nitrogen and oxygen atoms in total. The molecule has 144 valence electrons. The first-order valence-corrected chi connectivity index (χ1v) is 9.94. The van der Waals surface area contributed by atoms with Gasteiger partial charge in [0.05, 0.1) is 5.56 Å². The van der Waals surface area contributed by atoms with Gasteiger partial charge in [0.15, 0.2) is 5.65 Å². The number of carbonyl (C=O) groups is 1. The summed E-state index contributed by atoms with van der Waals surface area (Å²) in [5.74, 6) is 0.0358. The van der Waals surface area contributed by atoms with E-state index in [1.165, 1.54) is 17.5 Å². The summed E-state index contributed by atoms with van der Waals surface area (Å²) in [5.41, 5.74) is 4.93. The maximum Gasteiger partial charge on any atom is 0.255 e. The van der Waals surface area contributed by atoms with Gasteiger partial charge >= 0.3 is 0 Å². The van der Waals surface area contributed by atoms with Crippen LogP contribution < -0.4 is 0 Å². The number of piperazine rings is 1. The van der Waals surface area contributed by atoms with Gasteiger partial charge in [0, 0.05) is 45.5 Å². The number of carbonyl (C=O) groups excluding carboxylic acids is 1. The van der Waals surface area contributed by atoms with Crippen LogP contribution in [0.1, 0.15) is 27.9 Å². The van der Waals surface area contributed by atoms with E-state index in [2.05, 4.69) is 44.5 Å². The Morgan fingerprint density at radius 3 is 2.71 bits per heavy atom. The third kappa shape index (κ3) is 3.05. The van der Waals surface area contributed by atoms with Gasteiger partial charge in [-0.05, 0) is 36.5 Å². The molecule has 5 rings (SSSR count). The van der Waals surface area contributed by atoms with Crippen molar-refractivity contribution in [3.63, 3.8) is 0 Å². The number of fused-ring (bicyclic) bond motifs is 2. The Balaban J connectivity index is 1.23. The molecular formula is C21H24N6O. The van der Waals surface area contributed by atoms with E-state index in [1.54, 1.807) is 24.0 Å². The zero-order valence-corrected chi connectivity index (χ0v) is 16.1. The Morgan fingerprint density at radius 1 is 1.11 bits per heavy atom. The molecule has 1 atom stereocenters. The number of pyridine rings is 1. The molecule has 1 aliphatic heterocycles. The molecule has 28 heavy (non-hydrogen) atoms. The topological polar surface area (TPSA) is 67.2 Å². The summed E-state index contributed by atoms with van der Waals surface area (Å²) in [5, 5.41) is 8.03. The van der Waals surface area contributed by atoms with Crippen molar-refractivity contribution in [1.29, 1.82) is 0 Å². The minimum Gasteiger partial charge on any atom is -0.336 e. The van der Waals surface area contributed by atoms with E-state index in [1.807, 2.05) is 4.90 Å². The van der Waals surface area contributed by atoms with E-state index in [0.29, 0.717) is 22.8 Å². The van der Waals surface area contributed by atoms with Crippen molar-refractivity contribution >= 4 is 17.1 Å². The Hall–Kier alpha value is -2.80. The lowest BCUT2D eigenvalue weighted by molar-refractivity contribution is 0.0553. The smallest absolute Gasteiger partial charge is 0.255 e. The Bertz CT molecular complexity index is 1020. The molecule has 3 heterocycles. The Labute approximate surface area is 164 Å². The van der Waals surface area contributed by atoms with Gasteiger partial charge in [0.2, 0.25) is 0 Å². The van der Waals surface area contributed by atoms with Crippen LogP contribution in [0.3, 0.4) is 0 Å². The fourth-order valence-corrected chi connectivity index (χ4v) is 4.51. The monoisotopic (exact) mass is 376 g/mol. The number of benzene rings is 1.